The van der Waals surface area contributed by atoms with Crippen LogP contribution in [0.5, 0.6) is 0 Å². The zero-order valence-corrected chi connectivity index (χ0v) is 14.3. The number of fused-ring (bicyclic) bond motifs is 1. The molecule has 4 nitrogen and oxygen atoms in total. The van der Waals surface area contributed by atoms with Crippen LogP contribution in [-0.2, 0) is 5.75 Å². The molecule has 120 valence electrons. The number of aromatic nitrogens is 1. The van der Waals surface area contributed by atoms with E-state index >= 15 is 0 Å². The Bertz CT molecular complexity index is 894. The summed E-state index contributed by atoms with van der Waals surface area (Å²) in [6, 6.07) is 17.6. The molecular formula is C18H15ClN4S. The second-order valence-electron chi connectivity index (χ2n) is 5.00. The van der Waals surface area contributed by atoms with Crippen molar-refractivity contribution in [3.05, 3.63) is 76.9 Å². The fourth-order valence-electron chi connectivity index (χ4n) is 2.14. The molecule has 1 heterocycles. The third-order valence-corrected chi connectivity index (χ3v) is 4.61. The van der Waals surface area contributed by atoms with E-state index in [4.69, 9.17) is 17.3 Å². The number of halogens is 1. The summed E-state index contributed by atoms with van der Waals surface area (Å²) >= 11 is 7.82. The highest BCUT2D eigenvalue weighted by atomic mass is 35.5. The molecule has 0 atom stereocenters. The highest BCUT2D eigenvalue weighted by Crippen LogP contribution is 2.24. The van der Waals surface area contributed by atoms with E-state index in [1.165, 1.54) is 17.3 Å². The molecular weight excluding hydrogens is 340 g/mol. The van der Waals surface area contributed by atoms with E-state index in [2.05, 4.69) is 15.2 Å². The van der Waals surface area contributed by atoms with Crippen molar-refractivity contribution in [2.75, 3.05) is 0 Å². The molecule has 0 fully saturated rings. The number of amidine groups is 1. The number of pyridine rings is 1. The van der Waals surface area contributed by atoms with Crippen molar-refractivity contribution in [1.29, 1.82) is 0 Å². The molecule has 3 rings (SSSR count). The van der Waals surface area contributed by atoms with Crippen LogP contribution in [0.15, 0.2) is 71.0 Å². The first-order valence-corrected chi connectivity index (χ1v) is 8.67. The Morgan fingerprint density at radius 1 is 1.12 bits per heavy atom. The van der Waals surface area contributed by atoms with Gasteiger partial charge in [0.2, 0.25) is 0 Å². The fraction of sp³-hybridized carbons (Fsp3) is 0.0556. The summed E-state index contributed by atoms with van der Waals surface area (Å²) in [5.41, 5.74) is 8.69. The lowest BCUT2D eigenvalue weighted by Gasteiger charge is -2.02. The normalized spacial score (nSPS) is 12.1. The summed E-state index contributed by atoms with van der Waals surface area (Å²) in [7, 11) is 0. The zero-order valence-electron chi connectivity index (χ0n) is 12.8. The monoisotopic (exact) mass is 354 g/mol. The minimum absolute atomic E-state index is 0.411. The number of thioether (sulfide) groups is 1. The smallest absolute Gasteiger partial charge is 0.180 e. The molecule has 2 N–H and O–H groups in total. The second kappa shape index (κ2) is 7.95. The van der Waals surface area contributed by atoms with E-state index in [1.54, 1.807) is 12.4 Å². The summed E-state index contributed by atoms with van der Waals surface area (Å²) in [5, 5.41) is 9.95. The van der Waals surface area contributed by atoms with E-state index in [9.17, 15) is 0 Å². The molecule has 0 radical (unpaired) electrons. The quantitative estimate of drug-likeness (QED) is 0.427. The van der Waals surface area contributed by atoms with E-state index in [0.29, 0.717) is 10.2 Å². The van der Waals surface area contributed by atoms with Gasteiger partial charge in [-0.3, -0.25) is 4.98 Å². The lowest BCUT2D eigenvalue weighted by molar-refractivity contribution is 1.25. The number of rotatable bonds is 4. The maximum Gasteiger partial charge on any atom is 0.180 e. The topological polar surface area (TPSA) is 63.6 Å². The summed E-state index contributed by atoms with van der Waals surface area (Å²) in [6.07, 6.45) is 3.34. The lowest BCUT2D eigenvalue weighted by Crippen LogP contribution is -2.06. The minimum atomic E-state index is 0.411. The van der Waals surface area contributed by atoms with Gasteiger partial charge in [0.15, 0.2) is 5.17 Å². The molecule has 0 amide bonds. The van der Waals surface area contributed by atoms with Crippen molar-refractivity contribution in [3.63, 3.8) is 0 Å². The van der Waals surface area contributed by atoms with Crippen molar-refractivity contribution in [2.45, 2.75) is 5.75 Å². The first kappa shape index (κ1) is 16.5. The van der Waals surface area contributed by atoms with Crippen LogP contribution in [0.4, 0.5) is 0 Å². The van der Waals surface area contributed by atoms with Crippen molar-refractivity contribution in [1.82, 2.24) is 4.98 Å². The number of nitrogens with zero attached hydrogens (tertiary/aromatic N) is 3. The standard InChI is InChI=1S/C18H15ClN4S/c19-17-14(8-9-16-15(17)7-4-10-21-16)11-22-23-18(20)24-12-13-5-2-1-3-6-13/h1-11H,12H2,(H2,20,23). The number of nitrogens with two attached hydrogens (primary N) is 1. The molecule has 1 aromatic heterocycles. The van der Waals surface area contributed by atoms with Crippen LogP contribution in [0.25, 0.3) is 10.9 Å². The average Bonchev–Trinajstić information content (AvgIpc) is 2.63. The number of benzene rings is 2. The third-order valence-electron chi connectivity index (χ3n) is 3.33. The molecule has 0 saturated heterocycles. The predicted octanol–water partition coefficient (Wildman–Crippen LogP) is 4.47. The van der Waals surface area contributed by atoms with Gasteiger partial charge in [0.25, 0.3) is 0 Å². The highest BCUT2D eigenvalue weighted by Gasteiger charge is 2.04. The van der Waals surface area contributed by atoms with E-state index in [0.717, 1.165) is 22.2 Å². The Morgan fingerprint density at radius 2 is 1.96 bits per heavy atom. The van der Waals surface area contributed by atoms with Crippen LogP contribution in [0, 0.1) is 0 Å². The van der Waals surface area contributed by atoms with Crippen LogP contribution >= 0.6 is 23.4 Å². The van der Waals surface area contributed by atoms with Gasteiger partial charge in [-0.25, -0.2) is 0 Å². The Morgan fingerprint density at radius 3 is 2.79 bits per heavy atom. The molecule has 0 saturated carbocycles. The van der Waals surface area contributed by atoms with E-state index < -0.39 is 0 Å². The van der Waals surface area contributed by atoms with Gasteiger partial charge in [-0.2, -0.15) is 5.10 Å². The van der Waals surface area contributed by atoms with Crippen LogP contribution < -0.4 is 5.73 Å². The molecule has 0 spiro atoms. The Labute approximate surface area is 149 Å². The van der Waals surface area contributed by atoms with Crippen LogP contribution in [0.2, 0.25) is 5.02 Å². The van der Waals surface area contributed by atoms with Gasteiger partial charge in [-0.15, -0.1) is 5.10 Å². The van der Waals surface area contributed by atoms with Gasteiger partial charge < -0.3 is 5.73 Å². The van der Waals surface area contributed by atoms with Gasteiger partial charge in [0.1, 0.15) is 0 Å². The Balaban J connectivity index is 1.68. The molecule has 0 aliphatic carbocycles. The van der Waals surface area contributed by atoms with Crippen LogP contribution in [0.3, 0.4) is 0 Å². The van der Waals surface area contributed by atoms with Crippen molar-refractivity contribution in [3.8, 4) is 0 Å². The zero-order chi connectivity index (χ0) is 16.8. The van der Waals surface area contributed by atoms with Gasteiger partial charge in [-0.1, -0.05) is 53.7 Å². The predicted molar refractivity (Wildman–Crippen MR) is 104 cm³/mol. The molecule has 2 aromatic carbocycles. The lowest BCUT2D eigenvalue weighted by atomic mass is 10.1. The van der Waals surface area contributed by atoms with Crippen molar-refractivity contribution >= 4 is 45.6 Å². The second-order valence-corrected chi connectivity index (χ2v) is 6.37. The molecule has 0 aliphatic heterocycles. The average molecular weight is 355 g/mol. The third kappa shape index (κ3) is 4.13. The maximum absolute atomic E-state index is 6.38. The minimum Gasteiger partial charge on any atom is -0.377 e. The van der Waals surface area contributed by atoms with Gasteiger partial charge in [-0.05, 0) is 29.8 Å². The number of hydrogen-bond acceptors (Lipinski definition) is 4. The summed E-state index contributed by atoms with van der Waals surface area (Å²) in [4.78, 5) is 4.26. The summed E-state index contributed by atoms with van der Waals surface area (Å²) in [6.45, 7) is 0. The van der Waals surface area contributed by atoms with E-state index in [-0.39, 0.29) is 0 Å². The van der Waals surface area contributed by atoms with Crippen LogP contribution in [-0.4, -0.2) is 16.4 Å². The molecule has 0 aliphatic rings. The molecule has 24 heavy (non-hydrogen) atoms. The Kier molecular flexibility index (Phi) is 5.46. The largest absolute Gasteiger partial charge is 0.377 e. The maximum atomic E-state index is 6.38. The number of hydrogen-bond donors (Lipinski definition) is 1. The summed E-state index contributed by atoms with van der Waals surface area (Å²) < 4.78 is 0. The first-order chi connectivity index (χ1) is 11.7. The van der Waals surface area contributed by atoms with Gasteiger partial charge >= 0.3 is 0 Å². The Hall–Kier alpha value is -2.37. The van der Waals surface area contributed by atoms with Crippen LogP contribution in [0.1, 0.15) is 11.1 Å². The van der Waals surface area contributed by atoms with Crippen molar-refractivity contribution in [2.24, 2.45) is 15.9 Å². The van der Waals surface area contributed by atoms with Gasteiger partial charge in [0, 0.05) is 22.9 Å². The molecule has 0 unspecified atom stereocenters. The molecule has 6 heteroatoms. The molecule has 0 bridgehead atoms. The van der Waals surface area contributed by atoms with Gasteiger partial charge in [0.05, 0.1) is 16.8 Å². The van der Waals surface area contributed by atoms with E-state index in [1.807, 2.05) is 54.6 Å². The fourth-order valence-corrected chi connectivity index (χ4v) is 3.02. The van der Waals surface area contributed by atoms with Crippen molar-refractivity contribution < 1.29 is 0 Å². The SMILES string of the molecule is NC(=NN=Cc1ccc2ncccc2c1Cl)SCc1ccccc1. The summed E-state index contributed by atoms with van der Waals surface area (Å²) in [5.74, 6) is 0.758. The first-order valence-electron chi connectivity index (χ1n) is 7.30. The highest BCUT2D eigenvalue weighted by molar-refractivity contribution is 8.13. The molecule has 3 aromatic rings.